The van der Waals surface area contributed by atoms with E-state index in [1.54, 1.807) is 24.0 Å². The third-order valence-electron chi connectivity index (χ3n) is 1.66. The van der Waals surface area contributed by atoms with E-state index in [-0.39, 0.29) is 6.42 Å². The lowest BCUT2D eigenvalue weighted by Gasteiger charge is -2.04. The van der Waals surface area contributed by atoms with Gasteiger partial charge in [0.15, 0.2) is 0 Å². The average Bonchev–Trinajstić information content (AvgIpc) is 2.51. The minimum absolute atomic E-state index is 0.0620. The first-order valence-corrected chi connectivity index (χ1v) is 3.88. The summed E-state index contributed by atoms with van der Waals surface area (Å²) in [4.78, 5) is 10.8. The van der Waals surface area contributed by atoms with Crippen molar-refractivity contribution in [3.8, 4) is 0 Å². The molecular weight excluding hydrogens is 172 g/mol. The van der Waals surface area contributed by atoms with E-state index in [0.717, 1.165) is 0 Å². The zero-order valence-electron chi connectivity index (χ0n) is 7.60. The Hall–Kier alpha value is -1.36. The van der Waals surface area contributed by atoms with Crippen molar-refractivity contribution in [1.82, 2.24) is 9.78 Å². The van der Waals surface area contributed by atoms with Crippen LogP contribution in [0.15, 0.2) is 12.3 Å². The SMILES string of the molecule is COC(=O)CC(O)c1ccn(C)n1. The molecule has 0 saturated carbocycles. The van der Waals surface area contributed by atoms with Crippen LogP contribution in [0.1, 0.15) is 18.2 Å². The lowest BCUT2D eigenvalue weighted by atomic mass is 10.2. The van der Waals surface area contributed by atoms with Gasteiger partial charge in [0.05, 0.1) is 19.2 Å². The maximum atomic E-state index is 10.8. The quantitative estimate of drug-likeness (QED) is 0.672. The van der Waals surface area contributed by atoms with Gasteiger partial charge in [0.25, 0.3) is 0 Å². The Kier molecular flexibility index (Phi) is 3.02. The summed E-state index contributed by atoms with van der Waals surface area (Å²) in [5, 5.41) is 13.4. The molecule has 0 aliphatic rings. The van der Waals surface area contributed by atoms with Gasteiger partial charge in [0.2, 0.25) is 0 Å². The molecule has 72 valence electrons. The predicted molar refractivity (Wildman–Crippen MR) is 44.8 cm³/mol. The summed E-state index contributed by atoms with van der Waals surface area (Å²) >= 11 is 0. The second kappa shape index (κ2) is 4.04. The van der Waals surface area contributed by atoms with Gasteiger partial charge in [-0.1, -0.05) is 0 Å². The molecule has 0 amide bonds. The predicted octanol–water partition coefficient (Wildman–Crippen LogP) is 0.0166. The third-order valence-corrected chi connectivity index (χ3v) is 1.66. The molecule has 0 radical (unpaired) electrons. The van der Waals surface area contributed by atoms with Crippen LogP contribution in [0.4, 0.5) is 0 Å². The monoisotopic (exact) mass is 184 g/mol. The highest BCUT2D eigenvalue weighted by molar-refractivity contribution is 5.69. The number of carbonyl (C=O) groups is 1. The molecule has 0 aliphatic heterocycles. The molecule has 0 bridgehead atoms. The normalized spacial score (nSPS) is 12.5. The molecule has 0 aliphatic carbocycles. The Morgan fingerprint density at radius 3 is 3.00 bits per heavy atom. The van der Waals surface area contributed by atoms with E-state index in [1.807, 2.05) is 0 Å². The van der Waals surface area contributed by atoms with Crippen molar-refractivity contribution < 1.29 is 14.6 Å². The fourth-order valence-electron chi connectivity index (χ4n) is 0.957. The maximum Gasteiger partial charge on any atom is 0.308 e. The summed E-state index contributed by atoms with van der Waals surface area (Å²) in [5.74, 6) is -0.446. The zero-order valence-corrected chi connectivity index (χ0v) is 7.60. The Bertz CT molecular complexity index is 295. The van der Waals surface area contributed by atoms with E-state index in [9.17, 15) is 9.90 Å². The van der Waals surface area contributed by atoms with Crippen LogP contribution in [0.2, 0.25) is 0 Å². The lowest BCUT2D eigenvalue weighted by molar-refractivity contribution is -0.142. The molecule has 1 atom stereocenters. The number of methoxy groups -OCH3 is 1. The number of nitrogens with zero attached hydrogens (tertiary/aromatic N) is 2. The largest absolute Gasteiger partial charge is 0.469 e. The highest BCUT2D eigenvalue weighted by atomic mass is 16.5. The van der Waals surface area contributed by atoms with Crippen molar-refractivity contribution in [2.24, 2.45) is 7.05 Å². The number of aryl methyl sites for hydroxylation is 1. The number of aliphatic hydroxyl groups excluding tert-OH is 1. The molecule has 0 aromatic carbocycles. The van der Waals surface area contributed by atoms with Gasteiger partial charge in [-0.2, -0.15) is 5.10 Å². The average molecular weight is 184 g/mol. The molecule has 1 aromatic heterocycles. The summed E-state index contributed by atoms with van der Waals surface area (Å²) < 4.78 is 5.98. The van der Waals surface area contributed by atoms with Crippen LogP contribution in [0.5, 0.6) is 0 Å². The molecule has 13 heavy (non-hydrogen) atoms. The van der Waals surface area contributed by atoms with E-state index in [0.29, 0.717) is 5.69 Å². The number of esters is 1. The molecule has 1 heterocycles. The van der Waals surface area contributed by atoms with Crippen LogP contribution in [-0.4, -0.2) is 28.0 Å². The van der Waals surface area contributed by atoms with Crippen molar-refractivity contribution in [3.05, 3.63) is 18.0 Å². The fraction of sp³-hybridized carbons (Fsp3) is 0.500. The van der Waals surface area contributed by atoms with E-state index >= 15 is 0 Å². The molecule has 1 unspecified atom stereocenters. The topological polar surface area (TPSA) is 64.3 Å². The Morgan fingerprint density at radius 1 is 1.85 bits per heavy atom. The molecular formula is C8H12N2O3. The second-order valence-corrected chi connectivity index (χ2v) is 2.71. The first-order valence-electron chi connectivity index (χ1n) is 3.88. The Labute approximate surface area is 75.9 Å². The molecule has 0 saturated heterocycles. The summed E-state index contributed by atoms with van der Waals surface area (Å²) in [6.07, 6.45) is 0.761. The number of hydrogen-bond donors (Lipinski definition) is 1. The highest BCUT2D eigenvalue weighted by Crippen LogP contribution is 2.13. The van der Waals surface area contributed by atoms with Crippen LogP contribution in [0.25, 0.3) is 0 Å². The van der Waals surface area contributed by atoms with Crippen LogP contribution < -0.4 is 0 Å². The van der Waals surface area contributed by atoms with Crippen LogP contribution in [0, 0.1) is 0 Å². The van der Waals surface area contributed by atoms with Crippen molar-refractivity contribution in [2.45, 2.75) is 12.5 Å². The van der Waals surface area contributed by atoms with Crippen LogP contribution in [0.3, 0.4) is 0 Å². The van der Waals surface area contributed by atoms with Gasteiger partial charge in [-0.15, -0.1) is 0 Å². The minimum Gasteiger partial charge on any atom is -0.469 e. The maximum absolute atomic E-state index is 10.8. The van der Waals surface area contributed by atoms with Gasteiger partial charge in [0, 0.05) is 13.2 Å². The van der Waals surface area contributed by atoms with Gasteiger partial charge in [-0.05, 0) is 6.07 Å². The second-order valence-electron chi connectivity index (χ2n) is 2.71. The standard InChI is InChI=1S/C8H12N2O3/c1-10-4-3-6(9-10)7(11)5-8(12)13-2/h3-4,7,11H,5H2,1-2H3. The molecule has 1 N–H and O–H groups in total. The van der Waals surface area contributed by atoms with Gasteiger partial charge in [0.1, 0.15) is 6.10 Å². The Morgan fingerprint density at radius 2 is 2.54 bits per heavy atom. The Balaban J connectivity index is 2.58. The molecule has 5 nitrogen and oxygen atoms in total. The first kappa shape index (κ1) is 9.73. The van der Waals surface area contributed by atoms with Crippen LogP contribution >= 0.6 is 0 Å². The van der Waals surface area contributed by atoms with Crippen molar-refractivity contribution in [3.63, 3.8) is 0 Å². The van der Waals surface area contributed by atoms with Crippen molar-refractivity contribution in [1.29, 1.82) is 0 Å². The molecule has 1 aromatic rings. The van der Waals surface area contributed by atoms with Gasteiger partial charge >= 0.3 is 5.97 Å². The van der Waals surface area contributed by atoms with Gasteiger partial charge in [-0.25, -0.2) is 0 Å². The minimum atomic E-state index is -0.881. The number of rotatable bonds is 3. The molecule has 0 spiro atoms. The smallest absolute Gasteiger partial charge is 0.308 e. The van der Waals surface area contributed by atoms with Gasteiger partial charge < -0.3 is 9.84 Å². The lowest BCUT2D eigenvalue weighted by Crippen LogP contribution is -2.08. The molecule has 1 rings (SSSR count). The highest BCUT2D eigenvalue weighted by Gasteiger charge is 2.15. The fourth-order valence-corrected chi connectivity index (χ4v) is 0.957. The van der Waals surface area contributed by atoms with Crippen molar-refractivity contribution in [2.75, 3.05) is 7.11 Å². The van der Waals surface area contributed by atoms with E-state index in [2.05, 4.69) is 9.84 Å². The van der Waals surface area contributed by atoms with Crippen molar-refractivity contribution >= 4 is 5.97 Å². The molecule has 0 fully saturated rings. The first-order chi connectivity index (χ1) is 6.13. The van der Waals surface area contributed by atoms with E-state index < -0.39 is 12.1 Å². The summed E-state index contributed by atoms with van der Waals surface area (Å²) in [6.45, 7) is 0. The third kappa shape index (κ3) is 2.55. The number of carbonyl (C=O) groups excluding carboxylic acids is 1. The summed E-state index contributed by atoms with van der Waals surface area (Å²) in [6, 6.07) is 1.66. The molecule has 5 heteroatoms. The number of ether oxygens (including phenoxy) is 1. The number of aromatic nitrogens is 2. The van der Waals surface area contributed by atoms with E-state index in [4.69, 9.17) is 0 Å². The zero-order chi connectivity index (χ0) is 9.84. The van der Waals surface area contributed by atoms with Crippen LogP contribution in [-0.2, 0) is 16.6 Å². The summed E-state index contributed by atoms with van der Waals surface area (Å²) in [5.41, 5.74) is 0.480. The van der Waals surface area contributed by atoms with E-state index in [1.165, 1.54) is 7.11 Å². The summed E-state index contributed by atoms with van der Waals surface area (Å²) in [7, 11) is 3.03. The van der Waals surface area contributed by atoms with Gasteiger partial charge in [-0.3, -0.25) is 9.48 Å². The number of hydrogen-bond acceptors (Lipinski definition) is 4. The number of aliphatic hydroxyl groups is 1.